The molecule has 0 saturated heterocycles. The van der Waals surface area contributed by atoms with Gasteiger partial charge in [-0.05, 0) is 106 Å². The molecule has 115 heavy (non-hydrogen) atoms. The number of benzene rings is 3. The predicted molar refractivity (Wildman–Crippen MR) is 421 cm³/mol. The Balaban J connectivity index is 1.26. The van der Waals surface area contributed by atoms with Gasteiger partial charge in [-0.1, -0.05) is 69.7 Å². The number of phenols is 1. The maximum absolute atomic E-state index is 15.0. The lowest BCUT2D eigenvalue weighted by atomic mass is 9.99. The summed E-state index contributed by atoms with van der Waals surface area (Å²) in [6, 6.07) is 1.67. The number of aromatic amines is 2. The van der Waals surface area contributed by atoms with Gasteiger partial charge in [0, 0.05) is 76.2 Å². The number of guanidine groups is 2. The molecule has 0 bridgehead atoms. The van der Waals surface area contributed by atoms with Gasteiger partial charge in [-0.3, -0.25) is 82.5 Å². The van der Waals surface area contributed by atoms with E-state index in [-0.39, 0.29) is 100 Å². The minimum absolute atomic E-state index is 0.0456. The molecule has 0 aliphatic rings. The summed E-state index contributed by atoms with van der Waals surface area (Å²) in [7, 11) is 2.83. The molecular formula is C75H106N24O16. The van der Waals surface area contributed by atoms with Crippen LogP contribution in [0.25, 0.3) is 21.8 Å². The highest BCUT2D eigenvalue weighted by molar-refractivity contribution is 6.01. The third-order valence-corrected chi connectivity index (χ3v) is 18.3. The lowest BCUT2D eigenvalue weighted by molar-refractivity contribution is -0.138. The van der Waals surface area contributed by atoms with Gasteiger partial charge in [0.25, 0.3) is 5.56 Å². The summed E-state index contributed by atoms with van der Waals surface area (Å²) in [4.78, 5) is 213. The van der Waals surface area contributed by atoms with Gasteiger partial charge in [-0.15, -0.1) is 0 Å². The molecule has 40 heteroatoms. The van der Waals surface area contributed by atoms with Crippen molar-refractivity contribution in [1.29, 1.82) is 10.8 Å². The van der Waals surface area contributed by atoms with Crippen LogP contribution in [0.4, 0.5) is 0 Å². The van der Waals surface area contributed by atoms with E-state index in [0.717, 1.165) is 17.1 Å². The molecule has 0 aliphatic heterocycles. The summed E-state index contributed by atoms with van der Waals surface area (Å²) in [6.07, 6.45) is 1.30. The molecule has 622 valence electrons. The molecule has 3 heterocycles. The summed E-state index contributed by atoms with van der Waals surface area (Å²) in [5.41, 5.74) is 24.4. The number of nitrogens with zero attached hydrogens (tertiary/aromatic N) is 4. The Hall–Kier alpha value is -13.0. The number of aromatic hydroxyl groups is 1. The summed E-state index contributed by atoms with van der Waals surface area (Å²) in [5, 5.41) is 68.5. The molecule has 3 aromatic heterocycles. The summed E-state index contributed by atoms with van der Waals surface area (Å²) in [6.45, 7) is 8.97. The van der Waals surface area contributed by atoms with Crippen LogP contribution in [-0.2, 0) is 88.1 Å². The van der Waals surface area contributed by atoms with Gasteiger partial charge < -0.3 is 112 Å². The molecule has 40 nitrogen and oxygen atoms in total. The number of aromatic nitrogens is 5. The van der Waals surface area contributed by atoms with Crippen molar-refractivity contribution in [2.24, 2.45) is 34.8 Å². The molecule has 3 aromatic carbocycles. The topological polar surface area (TPSA) is 641 Å². The number of rotatable bonds is 45. The van der Waals surface area contributed by atoms with E-state index in [1.807, 2.05) is 0 Å². The number of H-pyrrole nitrogens is 2. The van der Waals surface area contributed by atoms with E-state index < -0.39 is 180 Å². The second kappa shape index (κ2) is 43.7. The highest BCUT2D eigenvalue weighted by Crippen LogP contribution is 2.21. The van der Waals surface area contributed by atoms with E-state index in [9.17, 15) is 72.5 Å². The van der Waals surface area contributed by atoms with E-state index in [4.69, 9.17) is 33.8 Å². The SMILES string of the molecule is Cc1ccc2ncn(CC(=O)N[C@@H](CCCNC(=N)N)C(=O)NC(Cc3c[nH]cn3)C(=O)N[C@@H](Cc3ccc(O)cc3)C(=O)NC(CC(C)C)C(=O)N[C@@H](CC(N)=O)C(=O)NC(Cc3c[nH]c4ccccc34)C(=O)N[C@H](C(=O)N[C@H](C(=O)N[C@@H](CCCNC(=N)N)C(=O)NC(CCC(N)=O)C(=O)N(C)C)[C@@H](C)O)C(C)C)c(=O)c2c1. The molecule has 6 aromatic rings. The van der Waals surface area contributed by atoms with Gasteiger partial charge in [0.1, 0.15) is 72.7 Å². The molecular weight excluding hydrogens is 1490 g/mol. The van der Waals surface area contributed by atoms with Crippen LogP contribution in [0.1, 0.15) is 108 Å². The summed E-state index contributed by atoms with van der Waals surface area (Å²) in [5.74, 6) is -14.6. The average molecular weight is 1600 g/mol. The molecule has 0 radical (unpaired) electrons. The number of fused-ring (bicyclic) bond motifs is 2. The van der Waals surface area contributed by atoms with Crippen molar-refractivity contribution in [2.45, 2.75) is 185 Å². The van der Waals surface area contributed by atoms with E-state index in [0.29, 0.717) is 27.5 Å². The molecule has 4 unspecified atom stereocenters. The zero-order valence-corrected chi connectivity index (χ0v) is 65.3. The number of likely N-dealkylation sites (N-methyl/N-ethyl adjacent to an activating group) is 1. The van der Waals surface area contributed by atoms with Crippen molar-refractivity contribution in [2.75, 3.05) is 27.2 Å². The van der Waals surface area contributed by atoms with E-state index in [2.05, 4.69) is 83.7 Å². The third-order valence-electron chi connectivity index (χ3n) is 18.3. The number of nitrogens with one attached hydrogen (secondary N) is 16. The van der Waals surface area contributed by atoms with Crippen LogP contribution in [0.15, 0.2) is 96.6 Å². The van der Waals surface area contributed by atoms with Gasteiger partial charge in [-0.2, -0.15) is 0 Å². The normalized spacial score (nSPS) is 14.1. The minimum atomic E-state index is -1.89. The average Bonchev–Trinajstić information content (AvgIpc) is 0.953. The third kappa shape index (κ3) is 28.9. The Kier molecular flexibility index (Phi) is 34.5. The Morgan fingerprint density at radius 2 is 1.08 bits per heavy atom. The second-order valence-corrected chi connectivity index (χ2v) is 28.9. The minimum Gasteiger partial charge on any atom is -0.508 e. The molecule has 0 spiro atoms. The van der Waals surface area contributed by atoms with Crippen LogP contribution >= 0.6 is 0 Å². The smallest absolute Gasteiger partial charge is 0.261 e. The maximum atomic E-state index is 15.0. The standard InChI is InChI=1S/C75H106N24O16/c1-38(2)27-53(91-66(108)54(29-42-18-20-45(101)21-19-42)92-67(109)56(31-44-34-82-36-86-44)94-63(105)50(15-11-25-83-74(78)79)88-60(104)35-99-37-87-49-22-17-40(5)28-47(49)72(99)114)65(107)95-57(32-59(77)103)68(110)93-55(30-43-33-85-48-14-10-9-13-46(43)48)69(111)96-61(39(3)4)70(112)97-62(41(6)100)71(113)89-51(16-12-26-84-75(80)81)64(106)90-52(23-24-58(76)102)73(115)98(7)8/h9-10,13-14,17-22,28,33-34,36-39,41,50-57,61-62,85,100-101H,11-12,15-16,23-27,29-32,35H2,1-8H3,(H2,76,102)(H2,77,103)(H,82,86)(H,88,104)(H,89,113)(H,90,106)(H,91,108)(H,92,109)(H,93,110)(H,94,105)(H,95,107)(H,96,111)(H,97,112)(H4,78,79,83)(H4,80,81,84)/t41-,50+,51+,52?,53?,54+,55?,56?,57+,61+,62+/m1/s1. The van der Waals surface area contributed by atoms with Crippen LogP contribution in [0.2, 0.25) is 0 Å². The molecule has 13 amide bonds. The van der Waals surface area contributed by atoms with Gasteiger partial charge in [-0.25, -0.2) is 9.97 Å². The highest BCUT2D eigenvalue weighted by Gasteiger charge is 2.39. The molecule has 0 saturated carbocycles. The Bertz CT molecular complexity index is 4510. The van der Waals surface area contributed by atoms with Crippen molar-refractivity contribution in [3.05, 3.63) is 125 Å². The van der Waals surface area contributed by atoms with E-state index in [1.54, 1.807) is 69.4 Å². The quantitative estimate of drug-likeness (QED) is 0.00985. The van der Waals surface area contributed by atoms with Crippen LogP contribution in [0.3, 0.4) is 0 Å². The molecule has 0 aliphatic carbocycles. The first-order valence-corrected chi connectivity index (χ1v) is 37.3. The monoisotopic (exact) mass is 1600 g/mol. The van der Waals surface area contributed by atoms with Crippen LogP contribution in [0, 0.1) is 29.6 Å². The second-order valence-electron chi connectivity index (χ2n) is 28.9. The zero-order valence-electron chi connectivity index (χ0n) is 65.3. The number of amides is 13. The lowest BCUT2D eigenvalue weighted by Crippen LogP contribution is -2.63. The molecule has 26 N–H and O–H groups in total. The fraction of sp³-hybridized carbons (Fsp3) is 0.467. The summed E-state index contributed by atoms with van der Waals surface area (Å²) < 4.78 is 1.07. The number of aliphatic hydroxyl groups is 1. The highest BCUT2D eigenvalue weighted by atomic mass is 16.3. The number of primary amides is 2. The Labute approximate surface area is 661 Å². The first-order chi connectivity index (χ1) is 54.4. The summed E-state index contributed by atoms with van der Waals surface area (Å²) >= 11 is 0. The number of nitrogens with two attached hydrogens (primary N) is 4. The number of imidazole rings is 1. The van der Waals surface area contributed by atoms with Crippen molar-refractivity contribution < 1.29 is 72.5 Å². The van der Waals surface area contributed by atoms with Crippen LogP contribution in [-0.4, -0.2) is 222 Å². The van der Waals surface area contributed by atoms with E-state index in [1.165, 1.54) is 76.0 Å². The fourth-order valence-corrected chi connectivity index (χ4v) is 12.3. The largest absolute Gasteiger partial charge is 0.508 e. The van der Waals surface area contributed by atoms with Gasteiger partial charge in [0.05, 0.1) is 41.8 Å². The van der Waals surface area contributed by atoms with Crippen molar-refractivity contribution in [1.82, 2.24) is 93.2 Å². The number of hydrogen-bond acceptors (Lipinski definition) is 20. The Morgan fingerprint density at radius 1 is 0.557 bits per heavy atom. The van der Waals surface area contributed by atoms with Crippen LogP contribution < -0.4 is 92.3 Å². The number of aliphatic hydroxyl groups excluding tert-OH is 1. The van der Waals surface area contributed by atoms with Crippen molar-refractivity contribution >= 4 is 111 Å². The number of phenolic OH excluding ortho intramolecular Hbond substituents is 1. The molecule has 6 rings (SSSR count). The van der Waals surface area contributed by atoms with E-state index >= 15 is 4.79 Å². The first-order valence-electron chi connectivity index (χ1n) is 37.3. The molecule has 11 atom stereocenters. The lowest BCUT2D eigenvalue weighted by Gasteiger charge is -2.30. The number of carbonyl (C=O) groups excluding carboxylic acids is 13. The number of para-hydroxylation sites is 1. The first kappa shape index (κ1) is 90.8. The van der Waals surface area contributed by atoms with Gasteiger partial charge in [0.15, 0.2) is 11.9 Å². The molecule has 0 fully saturated rings. The number of hydrogen-bond donors (Lipinski definition) is 22. The number of aryl methyl sites for hydroxylation is 1. The van der Waals surface area contributed by atoms with Gasteiger partial charge >= 0.3 is 0 Å². The Morgan fingerprint density at radius 3 is 1.64 bits per heavy atom. The maximum Gasteiger partial charge on any atom is 0.261 e. The van der Waals surface area contributed by atoms with Crippen LogP contribution in [0.5, 0.6) is 5.75 Å². The number of carbonyl (C=O) groups is 13. The van der Waals surface area contributed by atoms with Crippen molar-refractivity contribution in [3.8, 4) is 5.75 Å². The van der Waals surface area contributed by atoms with Crippen molar-refractivity contribution in [3.63, 3.8) is 0 Å². The fourth-order valence-electron chi connectivity index (χ4n) is 12.3. The predicted octanol–water partition coefficient (Wildman–Crippen LogP) is -3.97. The van der Waals surface area contributed by atoms with Gasteiger partial charge in [0.2, 0.25) is 76.8 Å². The zero-order chi connectivity index (χ0) is 84.9.